The van der Waals surface area contributed by atoms with Crippen LogP contribution in [0.25, 0.3) is 0 Å². The normalized spacial score (nSPS) is 16.5. The second-order valence-electron chi connectivity index (χ2n) is 8.34. The van der Waals surface area contributed by atoms with Gasteiger partial charge in [-0.25, -0.2) is 0 Å². The van der Waals surface area contributed by atoms with Gasteiger partial charge >= 0.3 is 0 Å². The number of nitrogens with one attached hydrogen (secondary N) is 1. The van der Waals surface area contributed by atoms with E-state index in [1.165, 1.54) is 42.8 Å². The molecule has 0 aromatic heterocycles. The summed E-state index contributed by atoms with van der Waals surface area (Å²) in [5.74, 6) is -0.620. The first kappa shape index (κ1) is 21.2. The Morgan fingerprint density at radius 2 is 1.45 bits per heavy atom. The van der Waals surface area contributed by atoms with E-state index >= 15 is 0 Å². The number of carbonyl (C=O) groups excluding carboxylic acids is 3. The van der Waals surface area contributed by atoms with Crippen LogP contribution in [0.4, 0.5) is 0 Å². The highest BCUT2D eigenvalue weighted by Gasteiger charge is 2.34. The Bertz CT molecular complexity index is 914. The Kier molecular flexibility index (Phi) is 6.77. The van der Waals surface area contributed by atoms with Gasteiger partial charge in [-0.05, 0) is 55.6 Å². The largest absolute Gasteiger partial charge is 0.352 e. The number of carbonyl (C=O) groups is 3. The van der Waals surface area contributed by atoms with Crippen molar-refractivity contribution in [1.29, 1.82) is 0 Å². The van der Waals surface area contributed by atoms with Crippen molar-refractivity contribution in [3.8, 4) is 0 Å². The monoisotopic (exact) mass is 419 g/mol. The van der Waals surface area contributed by atoms with Crippen molar-refractivity contribution in [1.82, 2.24) is 15.1 Å². The molecule has 31 heavy (non-hydrogen) atoms. The highest BCUT2D eigenvalue weighted by molar-refractivity contribution is 6.21. The van der Waals surface area contributed by atoms with Gasteiger partial charge in [0, 0.05) is 26.1 Å². The summed E-state index contributed by atoms with van der Waals surface area (Å²) in [6.45, 7) is 4.09. The van der Waals surface area contributed by atoms with Crippen molar-refractivity contribution >= 4 is 17.7 Å². The van der Waals surface area contributed by atoms with Crippen molar-refractivity contribution in [3.63, 3.8) is 0 Å². The maximum Gasteiger partial charge on any atom is 0.261 e. The predicted molar refractivity (Wildman–Crippen MR) is 118 cm³/mol. The number of rotatable bonds is 8. The van der Waals surface area contributed by atoms with Gasteiger partial charge in [-0.3, -0.25) is 24.2 Å². The molecule has 6 heteroatoms. The van der Waals surface area contributed by atoms with E-state index in [1.807, 2.05) is 0 Å². The van der Waals surface area contributed by atoms with Crippen LogP contribution < -0.4 is 5.32 Å². The van der Waals surface area contributed by atoms with E-state index in [0.29, 0.717) is 24.1 Å². The average molecular weight is 420 g/mol. The molecule has 0 saturated carbocycles. The Labute approximate surface area is 183 Å². The molecule has 0 aliphatic carbocycles. The maximum atomic E-state index is 12.3. The highest BCUT2D eigenvalue weighted by atomic mass is 16.2. The van der Waals surface area contributed by atoms with Crippen LogP contribution in [0.3, 0.4) is 0 Å². The highest BCUT2D eigenvalue weighted by Crippen LogP contribution is 2.22. The molecule has 1 N–H and O–H groups in total. The van der Waals surface area contributed by atoms with Crippen LogP contribution in [0.2, 0.25) is 0 Å². The Morgan fingerprint density at radius 3 is 2.10 bits per heavy atom. The van der Waals surface area contributed by atoms with E-state index in [0.717, 1.165) is 12.1 Å². The summed E-state index contributed by atoms with van der Waals surface area (Å²) in [7, 11) is 0. The Balaban J connectivity index is 1.18. The molecule has 0 spiro atoms. The van der Waals surface area contributed by atoms with E-state index in [4.69, 9.17) is 0 Å². The fourth-order valence-electron chi connectivity index (χ4n) is 4.27. The molecule has 162 valence electrons. The summed E-state index contributed by atoms with van der Waals surface area (Å²) >= 11 is 0. The smallest absolute Gasteiger partial charge is 0.261 e. The number of nitrogens with zero attached hydrogens (tertiary/aromatic N) is 2. The molecule has 3 amide bonds. The minimum atomic E-state index is -0.273. The lowest BCUT2D eigenvalue weighted by molar-refractivity contribution is -0.121. The minimum absolute atomic E-state index is 0.0750. The van der Waals surface area contributed by atoms with Crippen LogP contribution in [-0.4, -0.2) is 47.2 Å². The molecule has 2 aliphatic rings. The van der Waals surface area contributed by atoms with Crippen molar-refractivity contribution in [2.24, 2.45) is 0 Å². The molecule has 0 atom stereocenters. The van der Waals surface area contributed by atoms with Gasteiger partial charge in [0.15, 0.2) is 0 Å². The van der Waals surface area contributed by atoms with Crippen molar-refractivity contribution < 1.29 is 14.4 Å². The molecule has 2 aromatic carbocycles. The second-order valence-corrected chi connectivity index (χ2v) is 8.34. The molecule has 1 fully saturated rings. The third kappa shape index (κ3) is 5.20. The molecule has 2 aromatic rings. The fraction of sp³-hybridized carbons (Fsp3) is 0.400. The first-order valence-corrected chi connectivity index (χ1v) is 11.1. The van der Waals surface area contributed by atoms with E-state index < -0.39 is 0 Å². The van der Waals surface area contributed by atoms with Gasteiger partial charge in [0.25, 0.3) is 11.8 Å². The first-order chi connectivity index (χ1) is 15.1. The molecular formula is C25H29N3O3. The fourth-order valence-corrected chi connectivity index (χ4v) is 4.27. The summed E-state index contributed by atoms with van der Waals surface area (Å²) in [5.41, 5.74) is 3.26. The number of amides is 3. The van der Waals surface area contributed by atoms with Crippen LogP contribution in [0.5, 0.6) is 0 Å². The number of benzene rings is 2. The van der Waals surface area contributed by atoms with E-state index in [2.05, 4.69) is 34.5 Å². The topological polar surface area (TPSA) is 69.7 Å². The van der Waals surface area contributed by atoms with Crippen LogP contribution >= 0.6 is 0 Å². The average Bonchev–Trinajstić information content (AvgIpc) is 3.04. The Morgan fingerprint density at radius 1 is 0.839 bits per heavy atom. The predicted octanol–water partition coefficient (Wildman–Crippen LogP) is 3.37. The number of likely N-dealkylation sites (tertiary alicyclic amines) is 1. The summed E-state index contributed by atoms with van der Waals surface area (Å²) in [5, 5.41) is 2.93. The number of imide groups is 1. The lowest BCUT2D eigenvalue weighted by Gasteiger charge is -2.26. The van der Waals surface area contributed by atoms with Crippen LogP contribution in [0, 0.1) is 0 Å². The maximum absolute atomic E-state index is 12.3. The van der Waals surface area contributed by atoms with Crippen LogP contribution in [0.15, 0.2) is 48.5 Å². The van der Waals surface area contributed by atoms with Gasteiger partial charge < -0.3 is 5.32 Å². The molecule has 2 aliphatic heterocycles. The minimum Gasteiger partial charge on any atom is -0.352 e. The number of hydrogen-bond donors (Lipinski definition) is 1. The summed E-state index contributed by atoms with van der Waals surface area (Å²) in [4.78, 5) is 40.6. The first-order valence-electron chi connectivity index (χ1n) is 11.1. The van der Waals surface area contributed by atoms with Gasteiger partial charge in [-0.2, -0.15) is 0 Å². The van der Waals surface area contributed by atoms with Crippen LogP contribution in [0.1, 0.15) is 63.9 Å². The summed E-state index contributed by atoms with van der Waals surface area (Å²) in [6.07, 6.45) is 4.65. The number of piperidine rings is 1. The van der Waals surface area contributed by atoms with Crippen molar-refractivity contribution in [2.75, 3.05) is 19.6 Å². The van der Waals surface area contributed by atoms with Crippen molar-refractivity contribution in [2.45, 2.75) is 45.2 Å². The van der Waals surface area contributed by atoms with E-state index in [9.17, 15) is 14.4 Å². The van der Waals surface area contributed by atoms with Crippen molar-refractivity contribution in [3.05, 3.63) is 70.8 Å². The quantitative estimate of drug-likeness (QED) is 0.666. The molecular weight excluding hydrogens is 390 g/mol. The van der Waals surface area contributed by atoms with Gasteiger partial charge in [0.1, 0.15) is 0 Å². The zero-order chi connectivity index (χ0) is 21.6. The van der Waals surface area contributed by atoms with Gasteiger partial charge in [-0.1, -0.05) is 42.8 Å². The number of hydrogen-bond acceptors (Lipinski definition) is 4. The van der Waals surface area contributed by atoms with Gasteiger partial charge in [0.05, 0.1) is 11.1 Å². The summed E-state index contributed by atoms with van der Waals surface area (Å²) in [6, 6.07) is 15.2. The molecule has 2 heterocycles. The number of fused-ring (bicyclic) bond motifs is 1. The van der Waals surface area contributed by atoms with Gasteiger partial charge in [0.2, 0.25) is 5.91 Å². The van der Waals surface area contributed by atoms with E-state index in [-0.39, 0.29) is 30.7 Å². The lowest BCUT2D eigenvalue weighted by Crippen LogP contribution is -2.32. The molecule has 6 nitrogen and oxygen atoms in total. The molecule has 1 saturated heterocycles. The second kappa shape index (κ2) is 9.88. The third-order valence-electron chi connectivity index (χ3n) is 6.03. The zero-order valence-electron chi connectivity index (χ0n) is 17.8. The van der Waals surface area contributed by atoms with Gasteiger partial charge in [-0.15, -0.1) is 0 Å². The lowest BCUT2D eigenvalue weighted by atomic mass is 10.1. The third-order valence-corrected chi connectivity index (χ3v) is 6.03. The van der Waals surface area contributed by atoms with E-state index in [1.54, 1.807) is 24.3 Å². The molecule has 0 bridgehead atoms. The molecule has 4 rings (SSSR count). The Hall–Kier alpha value is -2.99. The molecule has 0 radical (unpaired) electrons. The SMILES string of the molecule is O=C(CCCN1C(=O)c2ccccc2C1=O)NCc1ccc(CN2CCCCC2)cc1. The summed E-state index contributed by atoms with van der Waals surface area (Å²) < 4.78 is 0. The van der Waals surface area contributed by atoms with Crippen LogP contribution in [-0.2, 0) is 17.9 Å². The molecule has 0 unspecified atom stereocenters. The standard InChI is InChI=1S/C25H29N3O3/c29-23(9-6-16-28-24(30)21-7-2-3-8-22(21)25(28)31)26-17-19-10-12-20(13-11-19)18-27-14-4-1-5-15-27/h2-3,7-8,10-13H,1,4-6,9,14-18H2,(H,26,29). The zero-order valence-corrected chi connectivity index (χ0v) is 17.8.